The van der Waals surface area contributed by atoms with Gasteiger partial charge in [0.05, 0.1) is 12.3 Å². The summed E-state index contributed by atoms with van der Waals surface area (Å²) in [5.41, 5.74) is 2.09. The average molecular weight is 270 g/mol. The standard InChI is InChI=1S/C11H18N4O2S/c1-3-11(7-12)18(16,17)14-6-4-5-10-8-13-15-9(10)2/h8,11,14H,3-6H2,1-2H3,(H,13,15). The van der Waals surface area contributed by atoms with Gasteiger partial charge in [0.25, 0.3) is 0 Å². The van der Waals surface area contributed by atoms with Gasteiger partial charge in [0, 0.05) is 12.2 Å². The molecule has 0 spiro atoms. The Bertz CT molecular complexity index is 515. The second-order valence-electron chi connectivity index (χ2n) is 4.09. The van der Waals surface area contributed by atoms with Gasteiger partial charge >= 0.3 is 0 Å². The molecule has 1 atom stereocenters. The molecule has 100 valence electrons. The number of sulfonamides is 1. The Labute approximate surface area is 107 Å². The fourth-order valence-corrected chi connectivity index (χ4v) is 2.81. The number of H-pyrrole nitrogens is 1. The van der Waals surface area contributed by atoms with Gasteiger partial charge in [-0.3, -0.25) is 5.10 Å². The quantitative estimate of drug-likeness (QED) is 0.718. The van der Waals surface area contributed by atoms with Crippen LogP contribution < -0.4 is 4.72 Å². The molecule has 0 fully saturated rings. The van der Waals surface area contributed by atoms with Crippen molar-refractivity contribution in [1.29, 1.82) is 5.26 Å². The molecule has 1 aromatic heterocycles. The summed E-state index contributed by atoms with van der Waals surface area (Å²) in [6.45, 7) is 3.95. The van der Waals surface area contributed by atoms with Crippen molar-refractivity contribution in [2.75, 3.05) is 6.54 Å². The van der Waals surface area contributed by atoms with E-state index in [1.54, 1.807) is 19.2 Å². The van der Waals surface area contributed by atoms with Crippen molar-refractivity contribution in [2.24, 2.45) is 0 Å². The maximum atomic E-state index is 11.7. The lowest BCUT2D eigenvalue weighted by Gasteiger charge is -2.09. The zero-order valence-corrected chi connectivity index (χ0v) is 11.4. The zero-order chi connectivity index (χ0) is 13.6. The van der Waals surface area contributed by atoms with Crippen LogP contribution in [0, 0.1) is 18.3 Å². The van der Waals surface area contributed by atoms with Crippen molar-refractivity contribution in [3.63, 3.8) is 0 Å². The Morgan fingerprint density at radius 3 is 2.83 bits per heavy atom. The van der Waals surface area contributed by atoms with Crippen molar-refractivity contribution in [1.82, 2.24) is 14.9 Å². The summed E-state index contributed by atoms with van der Waals surface area (Å²) in [7, 11) is -3.51. The number of aromatic nitrogens is 2. The number of aryl methyl sites for hydroxylation is 2. The van der Waals surface area contributed by atoms with Gasteiger partial charge in [0.15, 0.2) is 5.25 Å². The number of nitrogens with zero attached hydrogens (tertiary/aromatic N) is 2. The first-order valence-corrected chi connectivity index (χ1v) is 7.42. The van der Waals surface area contributed by atoms with Crippen molar-refractivity contribution in [2.45, 2.75) is 38.4 Å². The van der Waals surface area contributed by atoms with E-state index >= 15 is 0 Å². The summed E-state index contributed by atoms with van der Waals surface area (Å²) in [5, 5.41) is 14.5. The van der Waals surface area contributed by atoms with Gasteiger partial charge in [-0.25, -0.2) is 13.1 Å². The molecular weight excluding hydrogens is 252 g/mol. The molecule has 0 bridgehead atoms. The highest BCUT2D eigenvalue weighted by Gasteiger charge is 2.22. The van der Waals surface area contributed by atoms with E-state index in [4.69, 9.17) is 5.26 Å². The minimum Gasteiger partial charge on any atom is -0.283 e. The summed E-state index contributed by atoms with van der Waals surface area (Å²) in [4.78, 5) is 0. The van der Waals surface area contributed by atoms with E-state index in [1.807, 2.05) is 6.92 Å². The Balaban J connectivity index is 2.39. The van der Waals surface area contributed by atoms with Gasteiger partial charge in [-0.2, -0.15) is 10.4 Å². The monoisotopic (exact) mass is 270 g/mol. The smallest absolute Gasteiger partial charge is 0.227 e. The number of nitriles is 1. The summed E-state index contributed by atoms with van der Waals surface area (Å²) in [6.07, 6.45) is 3.48. The van der Waals surface area contributed by atoms with E-state index < -0.39 is 15.3 Å². The summed E-state index contributed by atoms with van der Waals surface area (Å²) in [5.74, 6) is 0. The molecule has 1 unspecified atom stereocenters. The fourth-order valence-electron chi connectivity index (χ4n) is 1.60. The van der Waals surface area contributed by atoms with Crippen molar-refractivity contribution in [3.05, 3.63) is 17.5 Å². The molecule has 0 aliphatic heterocycles. The first-order chi connectivity index (χ1) is 8.51. The third-order valence-corrected chi connectivity index (χ3v) is 4.54. The van der Waals surface area contributed by atoms with Crippen LogP contribution in [0.5, 0.6) is 0 Å². The molecule has 0 saturated carbocycles. The molecule has 0 aliphatic rings. The van der Waals surface area contributed by atoms with Crippen LogP contribution in [0.2, 0.25) is 0 Å². The van der Waals surface area contributed by atoms with Crippen LogP contribution in [-0.4, -0.2) is 30.4 Å². The van der Waals surface area contributed by atoms with E-state index in [9.17, 15) is 8.42 Å². The maximum absolute atomic E-state index is 11.7. The molecule has 0 saturated heterocycles. The SMILES string of the molecule is CCC(C#N)S(=O)(=O)NCCCc1cn[nH]c1C. The molecule has 2 N–H and O–H groups in total. The van der Waals surface area contributed by atoms with Crippen LogP contribution in [0.15, 0.2) is 6.20 Å². The third kappa shape index (κ3) is 3.82. The third-order valence-electron chi connectivity index (χ3n) is 2.75. The Kier molecular flexibility index (Phi) is 5.31. The van der Waals surface area contributed by atoms with Crippen LogP contribution in [0.3, 0.4) is 0 Å². The number of nitrogens with one attached hydrogen (secondary N) is 2. The molecule has 18 heavy (non-hydrogen) atoms. The molecule has 7 heteroatoms. The molecule has 1 rings (SSSR count). The average Bonchev–Trinajstić information content (AvgIpc) is 2.72. The molecule has 0 radical (unpaired) electrons. The number of hydrogen-bond donors (Lipinski definition) is 2. The first-order valence-electron chi connectivity index (χ1n) is 5.88. The Morgan fingerprint density at radius 1 is 1.61 bits per heavy atom. The largest absolute Gasteiger partial charge is 0.283 e. The topological polar surface area (TPSA) is 98.6 Å². The summed E-state index contributed by atoms with van der Waals surface area (Å²) >= 11 is 0. The predicted molar refractivity (Wildman–Crippen MR) is 68.3 cm³/mol. The maximum Gasteiger partial charge on any atom is 0.227 e. The fraction of sp³-hybridized carbons (Fsp3) is 0.636. The predicted octanol–water partition coefficient (Wildman–Crippen LogP) is 0.872. The van der Waals surface area contributed by atoms with Crippen LogP contribution in [-0.2, 0) is 16.4 Å². The lowest BCUT2D eigenvalue weighted by molar-refractivity contribution is 0.570. The van der Waals surface area contributed by atoms with Crippen LogP contribution in [0.4, 0.5) is 0 Å². The molecule has 6 nitrogen and oxygen atoms in total. The summed E-state index contributed by atoms with van der Waals surface area (Å²) in [6, 6.07) is 1.79. The van der Waals surface area contributed by atoms with E-state index in [-0.39, 0.29) is 0 Å². The Morgan fingerprint density at radius 2 is 2.33 bits per heavy atom. The second-order valence-corrected chi connectivity index (χ2v) is 6.04. The minimum atomic E-state index is -3.51. The van der Waals surface area contributed by atoms with E-state index in [0.717, 1.165) is 17.7 Å². The minimum absolute atomic E-state index is 0.298. The molecule has 0 amide bonds. The van der Waals surface area contributed by atoms with Crippen LogP contribution in [0.25, 0.3) is 0 Å². The van der Waals surface area contributed by atoms with Gasteiger partial charge in [-0.15, -0.1) is 0 Å². The molecule has 1 heterocycles. The van der Waals surface area contributed by atoms with Gasteiger partial charge in [-0.1, -0.05) is 6.92 Å². The number of hydrogen-bond acceptors (Lipinski definition) is 4. The van der Waals surface area contributed by atoms with Gasteiger partial charge in [0.1, 0.15) is 0 Å². The van der Waals surface area contributed by atoms with Crippen molar-refractivity contribution < 1.29 is 8.42 Å². The van der Waals surface area contributed by atoms with E-state index in [0.29, 0.717) is 19.4 Å². The van der Waals surface area contributed by atoms with Crippen molar-refractivity contribution >= 4 is 10.0 Å². The normalized spacial score (nSPS) is 13.2. The molecule has 0 aliphatic carbocycles. The van der Waals surface area contributed by atoms with E-state index in [2.05, 4.69) is 14.9 Å². The molecule has 0 aromatic carbocycles. The van der Waals surface area contributed by atoms with Gasteiger partial charge in [0.2, 0.25) is 10.0 Å². The highest BCUT2D eigenvalue weighted by molar-refractivity contribution is 7.90. The second kappa shape index (κ2) is 6.52. The van der Waals surface area contributed by atoms with Gasteiger partial charge < -0.3 is 0 Å². The first kappa shape index (κ1) is 14.7. The summed E-state index contributed by atoms with van der Waals surface area (Å²) < 4.78 is 25.8. The van der Waals surface area contributed by atoms with Crippen LogP contribution >= 0.6 is 0 Å². The van der Waals surface area contributed by atoms with Gasteiger partial charge in [-0.05, 0) is 31.7 Å². The molecule has 1 aromatic rings. The van der Waals surface area contributed by atoms with Crippen molar-refractivity contribution in [3.8, 4) is 6.07 Å². The Hall–Kier alpha value is -1.39. The van der Waals surface area contributed by atoms with Crippen LogP contribution in [0.1, 0.15) is 31.0 Å². The lowest BCUT2D eigenvalue weighted by atomic mass is 10.1. The number of aromatic amines is 1. The highest BCUT2D eigenvalue weighted by Crippen LogP contribution is 2.06. The lowest BCUT2D eigenvalue weighted by Crippen LogP contribution is -2.33. The highest BCUT2D eigenvalue weighted by atomic mass is 32.2. The van der Waals surface area contributed by atoms with E-state index in [1.165, 1.54) is 0 Å². The molecular formula is C11H18N4O2S. The zero-order valence-electron chi connectivity index (χ0n) is 10.6. The number of rotatable bonds is 7.